The number of allylic oxidation sites excluding steroid dienone is 1. The fourth-order valence-corrected chi connectivity index (χ4v) is 5.80. The van der Waals surface area contributed by atoms with Crippen molar-refractivity contribution in [3.63, 3.8) is 0 Å². The Hall–Kier alpha value is -5.45. The number of carbonyl (C=O) groups excluding carboxylic acids is 5. The van der Waals surface area contributed by atoms with Gasteiger partial charge in [-0.05, 0) is 42.4 Å². The van der Waals surface area contributed by atoms with Gasteiger partial charge in [0.15, 0.2) is 0 Å². The molecular formula is C38H41N3O8. The van der Waals surface area contributed by atoms with Crippen LogP contribution in [-0.4, -0.2) is 71.4 Å². The lowest BCUT2D eigenvalue weighted by molar-refractivity contribution is -0.154. The van der Waals surface area contributed by atoms with Gasteiger partial charge in [-0.3, -0.25) is 19.3 Å². The summed E-state index contributed by atoms with van der Waals surface area (Å²) in [5.74, 6) is -3.03. The first-order chi connectivity index (χ1) is 23.9. The summed E-state index contributed by atoms with van der Waals surface area (Å²) < 4.78 is 16.8. The van der Waals surface area contributed by atoms with Crippen LogP contribution in [0.5, 0.6) is 0 Å². The number of ether oxygens (including phenoxy) is 3. The lowest BCUT2D eigenvalue weighted by atomic mass is 9.95. The molecule has 1 fully saturated rings. The predicted octanol–water partition coefficient (Wildman–Crippen LogP) is 4.55. The van der Waals surface area contributed by atoms with Crippen molar-refractivity contribution in [1.29, 1.82) is 0 Å². The van der Waals surface area contributed by atoms with Crippen LogP contribution >= 0.6 is 0 Å². The molecule has 11 nitrogen and oxygen atoms in total. The number of nitrogens with zero attached hydrogens (tertiary/aromatic N) is 2. The van der Waals surface area contributed by atoms with Gasteiger partial charge in [-0.1, -0.05) is 103 Å². The zero-order valence-corrected chi connectivity index (χ0v) is 27.3. The Morgan fingerprint density at radius 2 is 1.27 bits per heavy atom. The summed E-state index contributed by atoms with van der Waals surface area (Å²) in [6.45, 7) is 0.0806. The van der Waals surface area contributed by atoms with Crippen LogP contribution in [0.15, 0.2) is 103 Å². The highest BCUT2D eigenvalue weighted by Gasteiger charge is 2.38. The maximum absolute atomic E-state index is 13.7. The largest absolute Gasteiger partial charge is 0.461 e. The lowest BCUT2D eigenvalue weighted by Gasteiger charge is -2.29. The van der Waals surface area contributed by atoms with Crippen LogP contribution < -0.4 is 5.32 Å². The van der Waals surface area contributed by atoms with Crippen molar-refractivity contribution in [3.05, 3.63) is 120 Å². The van der Waals surface area contributed by atoms with Crippen LogP contribution in [0, 0.1) is 5.92 Å². The standard InChI is InChI=1S/C38H41N3O8/c42-34-24-40(38(46)49-27-30-17-8-3-9-18-30)21-11-10-19-31(36(44)47-25-28-13-4-1-5-14-28)23-32(39-35(43)33-20-12-22-41(33)34)37(45)48-26-29-15-6-2-7-16-29/h1-11,13-18,31-33H,12,19-27H2,(H,39,43)/t31-,32-,33-/m0/s1. The number of esters is 2. The number of carbonyl (C=O) groups is 5. The zero-order valence-electron chi connectivity index (χ0n) is 27.3. The molecule has 3 aromatic carbocycles. The number of fused-ring (bicyclic) bond motifs is 1. The molecule has 1 saturated heterocycles. The van der Waals surface area contributed by atoms with E-state index in [1.807, 2.05) is 91.0 Å². The van der Waals surface area contributed by atoms with Crippen molar-refractivity contribution in [2.45, 2.75) is 57.6 Å². The van der Waals surface area contributed by atoms with Crippen molar-refractivity contribution in [2.75, 3.05) is 19.6 Å². The highest BCUT2D eigenvalue weighted by molar-refractivity contribution is 5.92. The van der Waals surface area contributed by atoms with Gasteiger partial charge in [0.2, 0.25) is 11.8 Å². The minimum absolute atomic E-state index is 0.0146. The van der Waals surface area contributed by atoms with Gasteiger partial charge in [0.05, 0.1) is 5.92 Å². The third-order valence-corrected chi connectivity index (χ3v) is 8.48. The molecule has 3 aromatic rings. The third kappa shape index (κ3) is 10.3. The monoisotopic (exact) mass is 667 g/mol. The fourth-order valence-electron chi connectivity index (χ4n) is 5.80. The summed E-state index contributed by atoms with van der Waals surface area (Å²) in [6, 6.07) is 25.5. The molecule has 1 N–H and O–H groups in total. The molecule has 3 atom stereocenters. The SMILES string of the molecule is O=C(OCc1ccccc1)[C@H]1CC=CCN(C(=O)OCc2ccccc2)CC(=O)N2CCC[C@H]2C(=O)N[C@H](C(=O)OCc2ccccc2)C1. The van der Waals surface area contributed by atoms with E-state index in [-0.39, 0.29) is 45.8 Å². The average molecular weight is 668 g/mol. The first-order valence-electron chi connectivity index (χ1n) is 16.5. The Kier molecular flexibility index (Phi) is 12.5. The molecule has 5 rings (SSSR count). The van der Waals surface area contributed by atoms with E-state index < -0.39 is 47.8 Å². The fraction of sp³-hybridized carbons (Fsp3) is 0.342. The molecule has 256 valence electrons. The summed E-state index contributed by atoms with van der Waals surface area (Å²) in [5, 5.41) is 2.79. The van der Waals surface area contributed by atoms with Crippen molar-refractivity contribution < 1.29 is 38.2 Å². The molecule has 0 bridgehead atoms. The minimum Gasteiger partial charge on any atom is -0.461 e. The maximum atomic E-state index is 13.7. The molecule has 0 aromatic heterocycles. The van der Waals surface area contributed by atoms with E-state index in [9.17, 15) is 24.0 Å². The lowest BCUT2D eigenvalue weighted by Crippen LogP contribution is -2.53. The zero-order chi connectivity index (χ0) is 34.4. The number of amides is 3. The predicted molar refractivity (Wildman–Crippen MR) is 179 cm³/mol. The van der Waals surface area contributed by atoms with Crippen molar-refractivity contribution in [2.24, 2.45) is 5.92 Å². The topological polar surface area (TPSA) is 132 Å². The molecule has 2 aliphatic heterocycles. The van der Waals surface area contributed by atoms with Crippen LogP contribution in [-0.2, 0) is 53.2 Å². The van der Waals surface area contributed by atoms with E-state index in [2.05, 4.69) is 5.32 Å². The van der Waals surface area contributed by atoms with Gasteiger partial charge in [-0.25, -0.2) is 9.59 Å². The number of hydrogen-bond donors (Lipinski definition) is 1. The number of benzene rings is 3. The van der Waals surface area contributed by atoms with Gasteiger partial charge in [-0.2, -0.15) is 0 Å². The van der Waals surface area contributed by atoms with Gasteiger partial charge in [-0.15, -0.1) is 0 Å². The Morgan fingerprint density at radius 3 is 1.86 bits per heavy atom. The molecular weight excluding hydrogens is 626 g/mol. The van der Waals surface area contributed by atoms with E-state index in [4.69, 9.17) is 14.2 Å². The molecule has 2 aliphatic rings. The van der Waals surface area contributed by atoms with E-state index in [0.717, 1.165) is 16.7 Å². The summed E-state index contributed by atoms with van der Waals surface area (Å²) in [6.07, 6.45) is 3.69. The summed E-state index contributed by atoms with van der Waals surface area (Å²) in [5.41, 5.74) is 2.36. The van der Waals surface area contributed by atoms with E-state index in [0.29, 0.717) is 19.4 Å². The highest BCUT2D eigenvalue weighted by Crippen LogP contribution is 2.22. The average Bonchev–Trinajstić information content (AvgIpc) is 3.64. The van der Waals surface area contributed by atoms with Crippen molar-refractivity contribution in [3.8, 4) is 0 Å². The smallest absolute Gasteiger partial charge is 0.410 e. The molecule has 3 amide bonds. The molecule has 2 heterocycles. The van der Waals surface area contributed by atoms with Gasteiger partial charge >= 0.3 is 18.0 Å². The molecule has 11 heteroatoms. The summed E-state index contributed by atoms with van der Waals surface area (Å²) >= 11 is 0. The number of rotatable bonds is 8. The third-order valence-electron chi connectivity index (χ3n) is 8.48. The molecule has 49 heavy (non-hydrogen) atoms. The number of nitrogens with one attached hydrogen (secondary N) is 1. The Bertz CT molecular complexity index is 1600. The maximum Gasteiger partial charge on any atom is 0.410 e. The van der Waals surface area contributed by atoms with Crippen molar-refractivity contribution in [1.82, 2.24) is 15.1 Å². The molecule has 0 unspecified atom stereocenters. The quantitative estimate of drug-likeness (QED) is 0.210. The Labute approximate surface area is 285 Å². The molecule has 0 saturated carbocycles. The molecule has 0 aliphatic carbocycles. The van der Waals surface area contributed by atoms with E-state index >= 15 is 0 Å². The molecule has 0 spiro atoms. The normalized spacial score (nSPS) is 20.0. The summed E-state index contributed by atoms with van der Waals surface area (Å²) in [7, 11) is 0. The van der Waals surface area contributed by atoms with Crippen LogP contribution in [0.25, 0.3) is 0 Å². The minimum atomic E-state index is -1.18. The van der Waals surface area contributed by atoms with Crippen LogP contribution in [0.4, 0.5) is 4.79 Å². The van der Waals surface area contributed by atoms with Crippen LogP contribution in [0.1, 0.15) is 42.4 Å². The first-order valence-corrected chi connectivity index (χ1v) is 16.5. The molecule has 0 radical (unpaired) electrons. The van der Waals surface area contributed by atoms with E-state index in [1.165, 1.54) is 9.80 Å². The second-order valence-corrected chi connectivity index (χ2v) is 12.1. The van der Waals surface area contributed by atoms with Crippen LogP contribution in [0.3, 0.4) is 0 Å². The first kappa shape index (κ1) is 34.9. The van der Waals surface area contributed by atoms with Gasteiger partial charge in [0, 0.05) is 13.1 Å². The Balaban J connectivity index is 1.37. The second kappa shape index (κ2) is 17.6. The van der Waals surface area contributed by atoms with E-state index in [1.54, 1.807) is 12.2 Å². The summed E-state index contributed by atoms with van der Waals surface area (Å²) in [4.78, 5) is 70.1. The van der Waals surface area contributed by atoms with Gasteiger partial charge in [0.25, 0.3) is 0 Å². The highest BCUT2D eigenvalue weighted by atomic mass is 16.6. The van der Waals surface area contributed by atoms with Crippen LogP contribution in [0.2, 0.25) is 0 Å². The second-order valence-electron chi connectivity index (χ2n) is 12.1. The van der Waals surface area contributed by atoms with Gasteiger partial charge < -0.3 is 24.4 Å². The van der Waals surface area contributed by atoms with Gasteiger partial charge in [0.1, 0.15) is 38.4 Å². The van der Waals surface area contributed by atoms with Crippen molar-refractivity contribution >= 4 is 29.8 Å². The Morgan fingerprint density at radius 1 is 0.714 bits per heavy atom. The number of hydrogen-bond acceptors (Lipinski definition) is 8.